The molecule has 98 valence electrons. The summed E-state index contributed by atoms with van der Waals surface area (Å²) in [5.41, 5.74) is 7.45. The number of carboxylic acid groups (broad SMARTS) is 2. The van der Waals surface area contributed by atoms with Crippen LogP contribution in [0.4, 0.5) is 4.79 Å². The predicted molar refractivity (Wildman–Crippen MR) is 65.2 cm³/mol. The minimum Gasteiger partial charge on any atom is -0.481 e. The first kappa shape index (κ1) is 14.0. The fourth-order valence-corrected chi connectivity index (χ4v) is 1.57. The molecule has 6 nitrogen and oxygen atoms in total. The summed E-state index contributed by atoms with van der Waals surface area (Å²) >= 11 is 0. The molecule has 0 saturated carbocycles. The SMILES string of the molecule is NC(CC(=O)O)Cc1ccc(CNC(=O)O)cc1. The highest BCUT2D eigenvalue weighted by Crippen LogP contribution is 2.07. The van der Waals surface area contributed by atoms with Crippen LogP contribution >= 0.6 is 0 Å². The molecule has 0 fully saturated rings. The van der Waals surface area contributed by atoms with Crippen molar-refractivity contribution < 1.29 is 19.8 Å². The van der Waals surface area contributed by atoms with Gasteiger partial charge in [-0.2, -0.15) is 0 Å². The lowest BCUT2D eigenvalue weighted by Crippen LogP contribution is -2.26. The van der Waals surface area contributed by atoms with Gasteiger partial charge in [-0.05, 0) is 17.5 Å². The Bertz CT molecular complexity index is 417. The molecule has 1 unspecified atom stereocenters. The van der Waals surface area contributed by atoms with Crippen molar-refractivity contribution in [2.45, 2.75) is 25.4 Å². The first-order chi connectivity index (χ1) is 8.47. The maximum Gasteiger partial charge on any atom is 0.404 e. The third-order valence-corrected chi connectivity index (χ3v) is 2.40. The second kappa shape index (κ2) is 6.61. The van der Waals surface area contributed by atoms with E-state index in [1.54, 1.807) is 12.1 Å². The summed E-state index contributed by atoms with van der Waals surface area (Å²) in [7, 11) is 0. The summed E-state index contributed by atoms with van der Waals surface area (Å²) in [6.45, 7) is 0.247. The summed E-state index contributed by atoms with van der Waals surface area (Å²) in [6, 6.07) is 6.81. The number of rotatable bonds is 6. The van der Waals surface area contributed by atoms with E-state index in [4.69, 9.17) is 15.9 Å². The number of nitrogens with one attached hydrogen (secondary N) is 1. The van der Waals surface area contributed by atoms with Gasteiger partial charge in [-0.15, -0.1) is 0 Å². The highest BCUT2D eigenvalue weighted by Gasteiger charge is 2.08. The van der Waals surface area contributed by atoms with Gasteiger partial charge in [0, 0.05) is 12.6 Å². The molecule has 1 aromatic rings. The van der Waals surface area contributed by atoms with Gasteiger partial charge in [0.1, 0.15) is 0 Å². The van der Waals surface area contributed by atoms with Gasteiger partial charge in [-0.3, -0.25) is 4.79 Å². The van der Waals surface area contributed by atoms with Crippen molar-refractivity contribution in [1.29, 1.82) is 0 Å². The highest BCUT2D eigenvalue weighted by atomic mass is 16.4. The molecule has 0 aliphatic carbocycles. The molecule has 1 rings (SSSR count). The van der Waals surface area contributed by atoms with E-state index in [2.05, 4.69) is 5.32 Å². The van der Waals surface area contributed by atoms with E-state index in [1.165, 1.54) is 0 Å². The van der Waals surface area contributed by atoms with Gasteiger partial charge in [0.25, 0.3) is 0 Å². The first-order valence-corrected chi connectivity index (χ1v) is 5.49. The fourth-order valence-electron chi connectivity index (χ4n) is 1.57. The largest absolute Gasteiger partial charge is 0.481 e. The molecule has 0 heterocycles. The molecule has 1 amide bonds. The van der Waals surface area contributed by atoms with Crippen molar-refractivity contribution in [1.82, 2.24) is 5.32 Å². The fraction of sp³-hybridized carbons (Fsp3) is 0.333. The van der Waals surface area contributed by atoms with Crippen molar-refractivity contribution in [3.05, 3.63) is 35.4 Å². The van der Waals surface area contributed by atoms with Gasteiger partial charge in [-0.25, -0.2) is 4.79 Å². The van der Waals surface area contributed by atoms with Crippen molar-refractivity contribution in [2.75, 3.05) is 0 Å². The maximum absolute atomic E-state index is 10.5. The van der Waals surface area contributed by atoms with Crippen LogP contribution in [0.25, 0.3) is 0 Å². The van der Waals surface area contributed by atoms with Crippen LogP contribution in [0.5, 0.6) is 0 Å². The van der Waals surface area contributed by atoms with Gasteiger partial charge < -0.3 is 21.3 Å². The van der Waals surface area contributed by atoms with Crippen LogP contribution < -0.4 is 11.1 Å². The minimum absolute atomic E-state index is 0.0671. The van der Waals surface area contributed by atoms with Gasteiger partial charge in [0.05, 0.1) is 6.42 Å². The smallest absolute Gasteiger partial charge is 0.404 e. The standard InChI is InChI=1S/C12H16N2O4/c13-10(6-11(15)16)5-8-1-3-9(4-2-8)7-14-12(17)18/h1-4,10,14H,5-7,13H2,(H,15,16)(H,17,18). The van der Waals surface area contributed by atoms with E-state index in [1.807, 2.05) is 12.1 Å². The second-order valence-corrected chi connectivity index (χ2v) is 4.04. The second-order valence-electron chi connectivity index (χ2n) is 4.04. The zero-order valence-electron chi connectivity index (χ0n) is 9.80. The van der Waals surface area contributed by atoms with Gasteiger partial charge in [0.2, 0.25) is 0 Å². The Morgan fingerprint density at radius 1 is 1.17 bits per heavy atom. The Labute approximate surface area is 104 Å². The minimum atomic E-state index is -1.07. The number of carbonyl (C=O) groups is 2. The van der Waals surface area contributed by atoms with Crippen LogP contribution in [0.1, 0.15) is 17.5 Å². The van der Waals surface area contributed by atoms with E-state index in [0.717, 1.165) is 11.1 Å². The van der Waals surface area contributed by atoms with Crippen molar-refractivity contribution >= 4 is 12.1 Å². The third kappa shape index (κ3) is 5.31. The van der Waals surface area contributed by atoms with Crippen LogP contribution in [-0.4, -0.2) is 28.3 Å². The van der Waals surface area contributed by atoms with Crippen molar-refractivity contribution in [3.8, 4) is 0 Å². The van der Waals surface area contributed by atoms with E-state index in [9.17, 15) is 9.59 Å². The van der Waals surface area contributed by atoms with E-state index in [-0.39, 0.29) is 13.0 Å². The summed E-state index contributed by atoms with van der Waals surface area (Å²) in [4.78, 5) is 20.8. The normalized spacial score (nSPS) is 11.8. The number of hydrogen-bond acceptors (Lipinski definition) is 3. The number of hydrogen-bond donors (Lipinski definition) is 4. The quantitative estimate of drug-likeness (QED) is 0.598. The predicted octanol–water partition coefficient (Wildman–Crippen LogP) is 0.799. The molecule has 0 aliphatic heterocycles. The molecular weight excluding hydrogens is 236 g/mol. The lowest BCUT2D eigenvalue weighted by molar-refractivity contribution is -0.137. The number of carboxylic acids is 1. The third-order valence-electron chi connectivity index (χ3n) is 2.40. The molecule has 18 heavy (non-hydrogen) atoms. The Morgan fingerprint density at radius 2 is 1.72 bits per heavy atom. The van der Waals surface area contributed by atoms with Crippen LogP contribution in [0, 0.1) is 0 Å². The summed E-state index contributed by atoms with van der Waals surface area (Å²) in [5, 5.41) is 19.3. The maximum atomic E-state index is 10.5. The molecule has 0 radical (unpaired) electrons. The first-order valence-electron chi connectivity index (χ1n) is 5.49. The number of aliphatic carboxylic acids is 1. The summed E-state index contributed by atoms with van der Waals surface area (Å²) < 4.78 is 0. The topological polar surface area (TPSA) is 113 Å². The Kier molecular flexibility index (Phi) is 5.13. The van der Waals surface area contributed by atoms with Crippen LogP contribution in [0.2, 0.25) is 0 Å². The molecular formula is C12H16N2O4. The molecule has 0 saturated heterocycles. The summed E-state index contributed by atoms with van der Waals surface area (Å²) in [6.07, 6.45) is -0.649. The molecule has 6 heteroatoms. The molecule has 1 atom stereocenters. The average Bonchev–Trinajstić information content (AvgIpc) is 2.26. The molecule has 0 bridgehead atoms. The van der Waals surface area contributed by atoms with Gasteiger partial charge in [0.15, 0.2) is 0 Å². The molecule has 0 spiro atoms. The van der Waals surface area contributed by atoms with Crippen LogP contribution in [0.15, 0.2) is 24.3 Å². The van der Waals surface area contributed by atoms with E-state index >= 15 is 0 Å². The lowest BCUT2D eigenvalue weighted by Gasteiger charge is -2.09. The van der Waals surface area contributed by atoms with Crippen LogP contribution in [-0.2, 0) is 17.8 Å². The van der Waals surface area contributed by atoms with E-state index in [0.29, 0.717) is 6.42 Å². The Morgan fingerprint density at radius 3 is 2.22 bits per heavy atom. The number of benzene rings is 1. The molecule has 0 aliphatic rings. The highest BCUT2D eigenvalue weighted by molar-refractivity contribution is 5.67. The monoisotopic (exact) mass is 252 g/mol. The summed E-state index contributed by atoms with van der Waals surface area (Å²) in [5.74, 6) is -0.912. The molecule has 1 aromatic carbocycles. The zero-order valence-corrected chi connectivity index (χ0v) is 9.80. The molecule has 0 aromatic heterocycles. The van der Waals surface area contributed by atoms with Crippen molar-refractivity contribution in [2.24, 2.45) is 5.73 Å². The average molecular weight is 252 g/mol. The van der Waals surface area contributed by atoms with Gasteiger partial charge >= 0.3 is 12.1 Å². The zero-order chi connectivity index (χ0) is 13.5. The van der Waals surface area contributed by atoms with E-state index < -0.39 is 18.1 Å². The Balaban J connectivity index is 2.49. The number of nitrogens with two attached hydrogens (primary N) is 1. The molecule has 5 N–H and O–H groups in total. The Hall–Kier alpha value is -2.08. The number of amides is 1. The van der Waals surface area contributed by atoms with Crippen LogP contribution in [0.3, 0.4) is 0 Å². The lowest BCUT2D eigenvalue weighted by atomic mass is 10.0. The van der Waals surface area contributed by atoms with Crippen molar-refractivity contribution in [3.63, 3.8) is 0 Å². The van der Waals surface area contributed by atoms with Gasteiger partial charge in [-0.1, -0.05) is 24.3 Å².